The summed E-state index contributed by atoms with van der Waals surface area (Å²) in [4.78, 5) is 14.5. The molecule has 2 heterocycles. The van der Waals surface area contributed by atoms with Crippen LogP contribution >= 0.6 is 11.3 Å². The Hall–Kier alpha value is -3.25. The van der Waals surface area contributed by atoms with Crippen molar-refractivity contribution in [2.75, 3.05) is 12.4 Å². The van der Waals surface area contributed by atoms with Crippen LogP contribution in [0.25, 0.3) is 21.8 Å². The number of hydrogen-bond acceptors (Lipinski definition) is 6. The van der Waals surface area contributed by atoms with Crippen molar-refractivity contribution in [3.63, 3.8) is 0 Å². The Bertz CT molecular complexity index is 1060. The van der Waals surface area contributed by atoms with E-state index in [9.17, 15) is 0 Å². The van der Waals surface area contributed by atoms with Gasteiger partial charge in [-0.3, -0.25) is 0 Å². The van der Waals surface area contributed by atoms with Gasteiger partial charge in [0.05, 0.1) is 7.11 Å². The SMILES string of the molecule is COc1ccc(Nc2nccc(-c3ncc(C)s3)n2)cc1-c1ccccc1. The Morgan fingerprint density at radius 3 is 2.59 bits per heavy atom. The summed E-state index contributed by atoms with van der Waals surface area (Å²) in [5, 5.41) is 4.17. The number of anilines is 2. The highest BCUT2D eigenvalue weighted by molar-refractivity contribution is 7.14. The quantitative estimate of drug-likeness (QED) is 0.512. The lowest BCUT2D eigenvalue weighted by Gasteiger charge is -2.12. The van der Waals surface area contributed by atoms with E-state index < -0.39 is 0 Å². The number of benzene rings is 2. The average molecular weight is 374 g/mol. The zero-order chi connectivity index (χ0) is 18.6. The standard InChI is InChI=1S/C21H18N4OS/c1-14-13-23-20(27-14)18-10-11-22-21(25-18)24-16-8-9-19(26-2)17(12-16)15-6-4-3-5-7-15/h3-13H,1-2H3,(H,22,24,25). The van der Waals surface area contributed by atoms with Gasteiger partial charge in [0.15, 0.2) is 0 Å². The Kier molecular flexibility index (Phi) is 4.80. The predicted octanol–water partition coefficient (Wildman–Crippen LogP) is 5.33. The zero-order valence-electron chi connectivity index (χ0n) is 15.0. The summed E-state index contributed by atoms with van der Waals surface area (Å²) in [6, 6.07) is 17.9. The van der Waals surface area contributed by atoms with Gasteiger partial charge in [-0.15, -0.1) is 11.3 Å². The number of thiazole rings is 1. The van der Waals surface area contributed by atoms with E-state index in [2.05, 4.69) is 32.4 Å². The normalized spacial score (nSPS) is 10.6. The molecule has 0 spiro atoms. The molecule has 0 saturated heterocycles. The van der Waals surface area contributed by atoms with Crippen molar-refractivity contribution >= 4 is 23.0 Å². The van der Waals surface area contributed by atoms with E-state index in [1.165, 1.54) is 0 Å². The monoisotopic (exact) mass is 374 g/mol. The molecule has 134 valence electrons. The number of hydrogen-bond donors (Lipinski definition) is 1. The van der Waals surface area contributed by atoms with Crippen LogP contribution in [0.5, 0.6) is 5.75 Å². The van der Waals surface area contributed by atoms with Gasteiger partial charge in [-0.25, -0.2) is 15.0 Å². The molecule has 2 aromatic carbocycles. The third kappa shape index (κ3) is 3.80. The number of ether oxygens (including phenoxy) is 1. The van der Waals surface area contributed by atoms with E-state index in [4.69, 9.17) is 4.74 Å². The van der Waals surface area contributed by atoms with E-state index in [0.29, 0.717) is 5.95 Å². The Labute approximate surface area is 161 Å². The van der Waals surface area contributed by atoms with Crippen LogP contribution in [-0.4, -0.2) is 22.1 Å². The van der Waals surface area contributed by atoms with Crippen LogP contribution in [0.1, 0.15) is 4.88 Å². The first kappa shape index (κ1) is 17.2. The second kappa shape index (κ2) is 7.55. The molecule has 0 aliphatic rings. The van der Waals surface area contributed by atoms with Crippen LogP contribution in [0.3, 0.4) is 0 Å². The Morgan fingerprint density at radius 1 is 1.00 bits per heavy atom. The first-order valence-corrected chi connectivity index (χ1v) is 9.31. The molecule has 0 aliphatic heterocycles. The fourth-order valence-electron chi connectivity index (χ4n) is 2.77. The molecular formula is C21H18N4OS. The summed E-state index contributed by atoms with van der Waals surface area (Å²) >= 11 is 1.61. The minimum absolute atomic E-state index is 0.532. The Balaban J connectivity index is 1.65. The summed E-state index contributed by atoms with van der Waals surface area (Å²) in [5.41, 5.74) is 3.80. The van der Waals surface area contributed by atoms with Crippen molar-refractivity contribution in [1.82, 2.24) is 15.0 Å². The molecule has 0 saturated carbocycles. The average Bonchev–Trinajstić information content (AvgIpc) is 3.15. The van der Waals surface area contributed by atoms with Crippen LogP contribution in [0, 0.1) is 6.92 Å². The maximum Gasteiger partial charge on any atom is 0.227 e. The van der Waals surface area contributed by atoms with Crippen molar-refractivity contribution < 1.29 is 4.74 Å². The number of nitrogens with one attached hydrogen (secondary N) is 1. The molecule has 2 aromatic heterocycles. The molecule has 0 atom stereocenters. The summed E-state index contributed by atoms with van der Waals surface area (Å²) in [6.45, 7) is 2.03. The summed E-state index contributed by atoms with van der Waals surface area (Å²) < 4.78 is 5.52. The molecule has 27 heavy (non-hydrogen) atoms. The third-order valence-electron chi connectivity index (χ3n) is 4.04. The van der Waals surface area contributed by atoms with Crippen molar-refractivity contribution in [3.8, 4) is 27.6 Å². The van der Waals surface area contributed by atoms with Crippen LogP contribution in [-0.2, 0) is 0 Å². The van der Waals surface area contributed by atoms with Gasteiger partial charge in [-0.05, 0) is 36.8 Å². The molecular weight excluding hydrogens is 356 g/mol. The van der Waals surface area contributed by atoms with Gasteiger partial charge >= 0.3 is 0 Å². The van der Waals surface area contributed by atoms with Gasteiger partial charge in [0, 0.05) is 28.5 Å². The highest BCUT2D eigenvalue weighted by Gasteiger charge is 2.09. The van der Waals surface area contributed by atoms with E-state index in [-0.39, 0.29) is 0 Å². The molecule has 4 aromatic rings. The molecule has 0 fully saturated rings. The number of rotatable bonds is 5. The zero-order valence-corrected chi connectivity index (χ0v) is 15.8. The molecule has 0 aliphatic carbocycles. The molecule has 0 bridgehead atoms. The summed E-state index contributed by atoms with van der Waals surface area (Å²) in [6.07, 6.45) is 3.59. The lowest BCUT2D eigenvalue weighted by atomic mass is 10.0. The minimum Gasteiger partial charge on any atom is -0.496 e. The summed E-state index contributed by atoms with van der Waals surface area (Å²) in [7, 11) is 1.68. The smallest absolute Gasteiger partial charge is 0.227 e. The molecule has 0 radical (unpaired) electrons. The van der Waals surface area contributed by atoms with Gasteiger partial charge in [0.25, 0.3) is 0 Å². The molecule has 4 rings (SSSR count). The van der Waals surface area contributed by atoms with Crippen molar-refractivity contribution in [2.45, 2.75) is 6.92 Å². The van der Waals surface area contributed by atoms with Gasteiger partial charge in [-0.1, -0.05) is 30.3 Å². The third-order valence-corrected chi connectivity index (χ3v) is 4.97. The maximum atomic E-state index is 5.52. The largest absolute Gasteiger partial charge is 0.496 e. The summed E-state index contributed by atoms with van der Waals surface area (Å²) in [5.74, 6) is 1.35. The van der Waals surface area contributed by atoms with Gasteiger partial charge in [0.2, 0.25) is 5.95 Å². The number of aromatic nitrogens is 3. The fourth-order valence-corrected chi connectivity index (χ4v) is 3.50. The minimum atomic E-state index is 0.532. The Morgan fingerprint density at radius 2 is 1.85 bits per heavy atom. The maximum absolute atomic E-state index is 5.52. The topological polar surface area (TPSA) is 59.9 Å². The highest BCUT2D eigenvalue weighted by atomic mass is 32.1. The van der Waals surface area contributed by atoms with Crippen molar-refractivity contribution in [1.29, 1.82) is 0 Å². The lowest BCUT2D eigenvalue weighted by Crippen LogP contribution is -1.98. The van der Waals surface area contributed by atoms with Crippen molar-refractivity contribution in [3.05, 3.63) is 71.9 Å². The highest BCUT2D eigenvalue weighted by Crippen LogP contribution is 2.33. The first-order chi connectivity index (χ1) is 13.2. The molecule has 5 nitrogen and oxygen atoms in total. The van der Waals surface area contributed by atoms with E-state index >= 15 is 0 Å². The van der Waals surface area contributed by atoms with Crippen LogP contribution in [0.15, 0.2) is 67.0 Å². The first-order valence-electron chi connectivity index (χ1n) is 8.49. The van der Waals surface area contributed by atoms with Crippen LogP contribution < -0.4 is 10.1 Å². The van der Waals surface area contributed by atoms with E-state index in [0.717, 1.165) is 38.1 Å². The fraction of sp³-hybridized carbons (Fsp3) is 0.0952. The lowest BCUT2D eigenvalue weighted by molar-refractivity contribution is 0.416. The molecule has 1 N–H and O–H groups in total. The van der Waals surface area contributed by atoms with Gasteiger partial charge in [-0.2, -0.15) is 0 Å². The van der Waals surface area contributed by atoms with E-state index in [1.54, 1.807) is 24.6 Å². The predicted molar refractivity (Wildman–Crippen MR) is 110 cm³/mol. The molecule has 0 unspecified atom stereocenters. The molecule has 6 heteroatoms. The van der Waals surface area contributed by atoms with Gasteiger partial charge < -0.3 is 10.1 Å². The number of aryl methyl sites for hydroxylation is 1. The second-order valence-electron chi connectivity index (χ2n) is 5.95. The second-order valence-corrected chi connectivity index (χ2v) is 7.18. The number of nitrogens with zero attached hydrogens (tertiary/aromatic N) is 3. The van der Waals surface area contributed by atoms with Crippen LogP contribution in [0.2, 0.25) is 0 Å². The molecule has 0 amide bonds. The van der Waals surface area contributed by atoms with Crippen LogP contribution in [0.4, 0.5) is 11.6 Å². The van der Waals surface area contributed by atoms with Crippen molar-refractivity contribution in [2.24, 2.45) is 0 Å². The van der Waals surface area contributed by atoms with Gasteiger partial charge in [0.1, 0.15) is 16.5 Å². The number of methoxy groups -OCH3 is 1. The van der Waals surface area contributed by atoms with E-state index in [1.807, 2.05) is 55.6 Å².